The molecule has 5 nitrogen and oxygen atoms in total. The summed E-state index contributed by atoms with van der Waals surface area (Å²) in [6, 6.07) is 4.92. The van der Waals surface area contributed by atoms with E-state index in [0.29, 0.717) is 10.7 Å². The van der Waals surface area contributed by atoms with Gasteiger partial charge in [-0.2, -0.15) is 0 Å². The van der Waals surface area contributed by atoms with Crippen LogP contribution in [0.1, 0.15) is 20.8 Å². The second kappa shape index (κ2) is 7.00. The molecular formula is C15H24ClN3O2. The first-order valence-electron chi connectivity index (χ1n) is 6.87. The van der Waals surface area contributed by atoms with Crippen molar-refractivity contribution in [1.29, 1.82) is 0 Å². The van der Waals surface area contributed by atoms with Gasteiger partial charge in [-0.1, -0.05) is 25.4 Å². The van der Waals surface area contributed by atoms with E-state index in [2.05, 4.69) is 10.6 Å². The van der Waals surface area contributed by atoms with Gasteiger partial charge in [0.2, 0.25) is 0 Å². The molecule has 0 aliphatic carbocycles. The Labute approximate surface area is 131 Å². The molecule has 0 aliphatic rings. The predicted octanol–water partition coefficient (Wildman–Crippen LogP) is 2.93. The molecule has 2 amide bonds. The fourth-order valence-corrected chi connectivity index (χ4v) is 1.80. The molecule has 0 saturated heterocycles. The summed E-state index contributed by atoms with van der Waals surface area (Å²) in [5.41, 5.74) is 0.523. The Morgan fingerprint density at radius 3 is 2.57 bits per heavy atom. The lowest BCUT2D eigenvalue weighted by Gasteiger charge is -2.28. The maximum Gasteiger partial charge on any atom is 0.319 e. The standard InChI is InChI=1S/C15H24ClN3O2/c1-10(2)15(3,21)9-17-14(20)18-12-8-11(16)6-7-13(12)19(4)5/h6-8,10,21H,9H2,1-5H3,(H2,17,18,20). The average molecular weight is 314 g/mol. The molecule has 1 aromatic rings. The molecule has 1 unspecified atom stereocenters. The van der Waals surface area contributed by atoms with Gasteiger partial charge in [-0.3, -0.25) is 0 Å². The lowest BCUT2D eigenvalue weighted by atomic mass is 9.93. The number of nitrogens with zero attached hydrogens (tertiary/aromatic N) is 1. The summed E-state index contributed by atoms with van der Waals surface area (Å²) in [5.74, 6) is 0.0429. The number of hydrogen-bond donors (Lipinski definition) is 3. The van der Waals surface area contributed by atoms with E-state index in [-0.39, 0.29) is 18.5 Å². The summed E-state index contributed by atoms with van der Waals surface area (Å²) < 4.78 is 0. The number of carbonyl (C=O) groups excluding carboxylic acids is 1. The molecule has 6 heteroatoms. The number of aliphatic hydroxyl groups is 1. The molecule has 0 spiro atoms. The third-order valence-corrected chi connectivity index (χ3v) is 3.77. The van der Waals surface area contributed by atoms with Crippen LogP contribution in [0.2, 0.25) is 5.02 Å². The number of carbonyl (C=O) groups is 1. The Kier molecular flexibility index (Phi) is 5.87. The van der Waals surface area contributed by atoms with E-state index in [1.165, 1.54) is 0 Å². The normalized spacial score (nSPS) is 13.7. The molecule has 1 atom stereocenters. The minimum atomic E-state index is -0.948. The third-order valence-electron chi connectivity index (χ3n) is 3.54. The van der Waals surface area contributed by atoms with Crippen molar-refractivity contribution in [1.82, 2.24) is 5.32 Å². The van der Waals surface area contributed by atoms with Gasteiger partial charge in [-0.05, 0) is 31.0 Å². The van der Waals surface area contributed by atoms with Crippen molar-refractivity contribution in [3.8, 4) is 0 Å². The van der Waals surface area contributed by atoms with Gasteiger partial charge in [-0.15, -0.1) is 0 Å². The van der Waals surface area contributed by atoms with Crippen molar-refractivity contribution in [3.63, 3.8) is 0 Å². The highest BCUT2D eigenvalue weighted by Gasteiger charge is 2.25. The second-order valence-electron chi connectivity index (χ2n) is 5.88. The van der Waals surface area contributed by atoms with Gasteiger partial charge in [0, 0.05) is 25.7 Å². The maximum atomic E-state index is 12.0. The number of hydrogen-bond acceptors (Lipinski definition) is 3. The van der Waals surface area contributed by atoms with Crippen LogP contribution >= 0.6 is 11.6 Å². The molecule has 0 heterocycles. The molecule has 118 valence electrons. The number of nitrogens with one attached hydrogen (secondary N) is 2. The van der Waals surface area contributed by atoms with Gasteiger partial charge in [0.15, 0.2) is 0 Å². The van der Waals surface area contributed by atoms with Gasteiger partial charge in [0.25, 0.3) is 0 Å². The van der Waals surface area contributed by atoms with Gasteiger partial charge >= 0.3 is 6.03 Å². The molecule has 0 fully saturated rings. The first kappa shape index (κ1) is 17.6. The minimum Gasteiger partial charge on any atom is -0.388 e. The van der Waals surface area contributed by atoms with Gasteiger partial charge in [-0.25, -0.2) is 4.79 Å². The summed E-state index contributed by atoms with van der Waals surface area (Å²) in [6.45, 7) is 5.68. The van der Waals surface area contributed by atoms with Crippen molar-refractivity contribution in [2.75, 3.05) is 30.9 Å². The summed E-state index contributed by atoms with van der Waals surface area (Å²) in [7, 11) is 3.77. The molecule has 1 aromatic carbocycles. The average Bonchev–Trinajstić information content (AvgIpc) is 2.36. The van der Waals surface area contributed by atoms with Crippen LogP contribution in [0, 0.1) is 5.92 Å². The van der Waals surface area contributed by atoms with Gasteiger partial charge in [0.05, 0.1) is 17.0 Å². The quantitative estimate of drug-likeness (QED) is 0.783. The van der Waals surface area contributed by atoms with Crippen molar-refractivity contribution >= 4 is 29.0 Å². The van der Waals surface area contributed by atoms with E-state index in [9.17, 15) is 9.90 Å². The Morgan fingerprint density at radius 1 is 1.43 bits per heavy atom. The SMILES string of the molecule is CC(C)C(C)(O)CNC(=O)Nc1cc(Cl)ccc1N(C)C. The molecule has 21 heavy (non-hydrogen) atoms. The Balaban J connectivity index is 2.73. The fourth-order valence-electron chi connectivity index (χ4n) is 1.63. The van der Waals surface area contributed by atoms with Crippen LogP contribution in [0.15, 0.2) is 18.2 Å². The maximum absolute atomic E-state index is 12.0. The molecule has 0 aromatic heterocycles. The van der Waals surface area contributed by atoms with E-state index in [0.717, 1.165) is 5.69 Å². The number of urea groups is 1. The summed E-state index contributed by atoms with van der Waals surface area (Å²) in [5, 5.41) is 16.1. The highest BCUT2D eigenvalue weighted by molar-refractivity contribution is 6.31. The van der Waals surface area contributed by atoms with Crippen LogP contribution in [0.4, 0.5) is 16.2 Å². The van der Waals surface area contributed by atoms with Crippen molar-refractivity contribution in [2.45, 2.75) is 26.4 Å². The molecule has 1 rings (SSSR count). The monoisotopic (exact) mass is 313 g/mol. The van der Waals surface area contributed by atoms with Crippen LogP contribution in [0.25, 0.3) is 0 Å². The van der Waals surface area contributed by atoms with Gasteiger partial charge < -0.3 is 20.6 Å². The van der Waals surface area contributed by atoms with E-state index in [1.54, 1.807) is 19.1 Å². The number of benzene rings is 1. The van der Waals surface area contributed by atoms with Crippen LogP contribution in [-0.4, -0.2) is 37.4 Å². The van der Waals surface area contributed by atoms with Gasteiger partial charge in [0.1, 0.15) is 0 Å². The van der Waals surface area contributed by atoms with E-state index in [4.69, 9.17) is 11.6 Å². The summed E-state index contributed by atoms with van der Waals surface area (Å²) in [4.78, 5) is 13.9. The number of halogens is 1. The van der Waals surface area contributed by atoms with Crippen LogP contribution < -0.4 is 15.5 Å². The fraction of sp³-hybridized carbons (Fsp3) is 0.533. The van der Waals surface area contributed by atoms with Crippen LogP contribution in [0.3, 0.4) is 0 Å². The van der Waals surface area contributed by atoms with Crippen LogP contribution in [0.5, 0.6) is 0 Å². The van der Waals surface area contributed by atoms with Crippen molar-refractivity contribution in [2.24, 2.45) is 5.92 Å². The lowest BCUT2D eigenvalue weighted by Crippen LogP contribution is -2.45. The van der Waals surface area contributed by atoms with Crippen molar-refractivity contribution < 1.29 is 9.90 Å². The number of amides is 2. The lowest BCUT2D eigenvalue weighted by molar-refractivity contribution is 0.0170. The molecule has 3 N–H and O–H groups in total. The molecular weight excluding hydrogens is 290 g/mol. The first-order valence-corrected chi connectivity index (χ1v) is 7.25. The van der Waals surface area contributed by atoms with E-state index < -0.39 is 5.60 Å². The largest absolute Gasteiger partial charge is 0.388 e. The molecule has 0 bridgehead atoms. The number of rotatable bonds is 5. The highest BCUT2D eigenvalue weighted by Crippen LogP contribution is 2.27. The molecule has 0 radical (unpaired) electrons. The Morgan fingerprint density at radius 2 is 2.05 bits per heavy atom. The summed E-state index contributed by atoms with van der Waals surface area (Å²) >= 11 is 5.97. The third kappa shape index (κ3) is 5.10. The zero-order valence-corrected chi connectivity index (χ0v) is 14.0. The second-order valence-corrected chi connectivity index (χ2v) is 6.31. The van der Waals surface area contributed by atoms with Crippen molar-refractivity contribution in [3.05, 3.63) is 23.2 Å². The Hall–Kier alpha value is -1.46. The van der Waals surface area contributed by atoms with E-state index >= 15 is 0 Å². The zero-order valence-electron chi connectivity index (χ0n) is 13.2. The van der Waals surface area contributed by atoms with Crippen LogP contribution in [-0.2, 0) is 0 Å². The minimum absolute atomic E-state index is 0.0429. The topological polar surface area (TPSA) is 64.6 Å². The smallest absolute Gasteiger partial charge is 0.319 e. The highest BCUT2D eigenvalue weighted by atomic mass is 35.5. The number of anilines is 2. The molecule has 0 aliphatic heterocycles. The zero-order chi connectivity index (χ0) is 16.2. The summed E-state index contributed by atoms with van der Waals surface area (Å²) in [6.07, 6.45) is 0. The molecule has 0 saturated carbocycles. The predicted molar refractivity (Wildman–Crippen MR) is 88.3 cm³/mol. The Bertz CT molecular complexity index is 502. The first-order chi connectivity index (χ1) is 9.63. The van der Waals surface area contributed by atoms with E-state index in [1.807, 2.05) is 38.9 Å².